The summed E-state index contributed by atoms with van der Waals surface area (Å²) in [6.07, 6.45) is 3.85. The molecule has 0 aliphatic heterocycles. The van der Waals surface area contributed by atoms with E-state index >= 15 is 0 Å². The van der Waals surface area contributed by atoms with E-state index in [-0.39, 0.29) is 0 Å². The molecule has 4 heteroatoms. The standard InChI is InChI=1S/C15H18BrN3/c1-3-6-11-7-4-5-8-13(11)19-15-14(16)10(2)12(17)9-18-15/h4-5,7-9H,3,6,17H2,1-2H3,(H,18,19). The zero-order chi connectivity index (χ0) is 13.8. The van der Waals surface area contributed by atoms with Crippen LogP contribution in [0, 0.1) is 6.92 Å². The third-order valence-corrected chi connectivity index (χ3v) is 4.06. The lowest BCUT2D eigenvalue weighted by Gasteiger charge is -2.14. The second kappa shape index (κ2) is 6.06. The number of anilines is 3. The zero-order valence-corrected chi connectivity index (χ0v) is 12.8. The van der Waals surface area contributed by atoms with Crippen LogP contribution >= 0.6 is 15.9 Å². The Morgan fingerprint density at radius 2 is 2.05 bits per heavy atom. The monoisotopic (exact) mass is 319 g/mol. The summed E-state index contributed by atoms with van der Waals surface area (Å²) in [5.74, 6) is 0.801. The summed E-state index contributed by atoms with van der Waals surface area (Å²) < 4.78 is 0.916. The van der Waals surface area contributed by atoms with Crippen LogP contribution in [-0.4, -0.2) is 4.98 Å². The topological polar surface area (TPSA) is 50.9 Å². The van der Waals surface area contributed by atoms with Crippen LogP contribution in [-0.2, 0) is 6.42 Å². The van der Waals surface area contributed by atoms with E-state index in [1.54, 1.807) is 6.20 Å². The van der Waals surface area contributed by atoms with E-state index in [2.05, 4.69) is 51.4 Å². The second-order valence-electron chi connectivity index (χ2n) is 4.53. The molecule has 0 aliphatic rings. The van der Waals surface area contributed by atoms with E-state index < -0.39 is 0 Å². The number of nitrogens with one attached hydrogen (secondary N) is 1. The number of aryl methyl sites for hydroxylation is 1. The molecule has 0 radical (unpaired) electrons. The molecule has 100 valence electrons. The molecule has 1 aromatic carbocycles. The molecule has 0 unspecified atom stereocenters. The van der Waals surface area contributed by atoms with E-state index in [1.165, 1.54) is 5.56 Å². The highest BCUT2D eigenvalue weighted by Gasteiger charge is 2.09. The summed E-state index contributed by atoms with van der Waals surface area (Å²) in [5.41, 5.74) is 9.94. The summed E-state index contributed by atoms with van der Waals surface area (Å²) in [7, 11) is 0. The Morgan fingerprint density at radius 1 is 1.32 bits per heavy atom. The lowest BCUT2D eigenvalue weighted by Crippen LogP contribution is -2.01. The van der Waals surface area contributed by atoms with Gasteiger partial charge in [0.2, 0.25) is 0 Å². The molecule has 0 saturated heterocycles. The molecule has 3 nitrogen and oxygen atoms in total. The van der Waals surface area contributed by atoms with Gasteiger partial charge in [-0.15, -0.1) is 0 Å². The van der Waals surface area contributed by atoms with Crippen molar-refractivity contribution in [3.05, 3.63) is 46.1 Å². The molecular formula is C15H18BrN3. The molecule has 0 saturated carbocycles. The van der Waals surface area contributed by atoms with Gasteiger partial charge in [-0.3, -0.25) is 0 Å². The predicted molar refractivity (Wildman–Crippen MR) is 84.8 cm³/mol. The minimum Gasteiger partial charge on any atom is -0.397 e. The number of hydrogen-bond acceptors (Lipinski definition) is 3. The molecule has 1 aromatic heterocycles. The Balaban J connectivity index is 2.34. The summed E-state index contributed by atoms with van der Waals surface area (Å²) in [4.78, 5) is 4.35. The first-order valence-electron chi connectivity index (χ1n) is 6.39. The molecule has 3 N–H and O–H groups in total. The maximum absolute atomic E-state index is 5.84. The number of aromatic nitrogens is 1. The van der Waals surface area contributed by atoms with Crippen LogP contribution in [0.25, 0.3) is 0 Å². The summed E-state index contributed by atoms with van der Waals surface area (Å²) in [6.45, 7) is 4.16. The summed E-state index contributed by atoms with van der Waals surface area (Å²) in [6, 6.07) is 8.31. The molecule has 0 bridgehead atoms. The van der Waals surface area contributed by atoms with E-state index in [4.69, 9.17) is 5.73 Å². The minimum absolute atomic E-state index is 0.694. The smallest absolute Gasteiger partial charge is 0.145 e. The Labute approximate surface area is 122 Å². The number of para-hydroxylation sites is 1. The van der Waals surface area contributed by atoms with E-state index in [9.17, 15) is 0 Å². The van der Waals surface area contributed by atoms with Crippen LogP contribution in [0.5, 0.6) is 0 Å². The zero-order valence-electron chi connectivity index (χ0n) is 11.2. The SMILES string of the molecule is CCCc1ccccc1Nc1ncc(N)c(C)c1Br. The molecule has 0 fully saturated rings. The molecule has 0 spiro atoms. The first-order chi connectivity index (χ1) is 9.13. The fraction of sp³-hybridized carbons (Fsp3) is 0.267. The van der Waals surface area contributed by atoms with Crippen molar-refractivity contribution in [2.45, 2.75) is 26.7 Å². The number of halogens is 1. The molecule has 2 aromatic rings. The average Bonchev–Trinajstić information content (AvgIpc) is 2.42. The van der Waals surface area contributed by atoms with Gasteiger partial charge in [-0.1, -0.05) is 31.5 Å². The van der Waals surface area contributed by atoms with Gasteiger partial charge < -0.3 is 11.1 Å². The number of pyridine rings is 1. The summed E-state index contributed by atoms with van der Waals surface area (Å²) in [5, 5.41) is 3.38. The Bertz CT molecular complexity index is 582. The van der Waals surface area contributed by atoms with Crippen molar-refractivity contribution in [3.63, 3.8) is 0 Å². The van der Waals surface area contributed by atoms with Crippen LogP contribution in [0.1, 0.15) is 24.5 Å². The van der Waals surface area contributed by atoms with Gasteiger partial charge in [0.1, 0.15) is 5.82 Å². The molecule has 1 heterocycles. The molecule has 0 amide bonds. The van der Waals surface area contributed by atoms with Gasteiger partial charge in [0.05, 0.1) is 16.4 Å². The fourth-order valence-corrected chi connectivity index (χ4v) is 2.37. The molecule has 0 atom stereocenters. The molecule has 19 heavy (non-hydrogen) atoms. The van der Waals surface area contributed by atoms with Gasteiger partial charge in [-0.25, -0.2) is 4.98 Å². The Morgan fingerprint density at radius 3 is 2.79 bits per heavy atom. The molecule has 0 aliphatic carbocycles. The number of nitrogen functional groups attached to an aromatic ring is 1. The minimum atomic E-state index is 0.694. The number of rotatable bonds is 4. The van der Waals surface area contributed by atoms with Crippen molar-refractivity contribution in [3.8, 4) is 0 Å². The highest BCUT2D eigenvalue weighted by atomic mass is 79.9. The van der Waals surface area contributed by atoms with Crippen LogP contribution in [0.4, 0.5) is 17.2 Å². The summed E-state index contributed by atoms with van der Waals surface area (Å²) >= 11 is 3.55. The van der Waals surface area contributed by atoms with Gasteiger partial charge in [-0.2, -0.15) is 0 Å². The van der Waals surface area contributed by atoms with Crippen molar-refractivity contribution in [2.24, 2.45) is 0 Å². The second-order valence-corrected chi connectivity index (χ2v) is 5.33. The number of benzene rings is 1. The third kappa shape index (κ3) is 3.07. The van der Waals surface area contributed by atoms with E-state index in [0.29, 0.717) is 5.69 Å². The van der Waals surface area contributed by atoms with Crippen LogP contribution in [0.15, 0.2) is 34.9 Å². The first-order valence-corrected chi connectivity index (χ1v) is 7.18. The number of nitrogens with zero attached hydrogens (tertiary/aromatic N) is 1. The third-order valence-electron chi connectivity index (χ3n) is 3.09. The first kappa shape index (κ1) is 13.9. The largest absolute Gasteiger partial charge is 0.397 e. The number of nitrogens with two attached hydrogens (primary N) is 1. The lowest BCUT2D eigenvalue weighted by molar-refractivity contribution is 0.923. The average molecular weight is 320 g/mol. The van der Waals surface area contributed by atoms with Gasteiger partial charge in [0.15, 0.2) is 0 Å². The normalized spacial score (nSPS) is 10.5. The fourth-order valence-electron chi connectivity index (χ4n) is 1.94. The van der Waals surface area contributed by atoms with Gasteiger partial charge in [0, 0.05) is 5.69 Å². The van der Waals surface area contributed by atoms with E-state index in [0.717, 1.165) is 34.4 Å². The van der Waals surface area contributed by atoms with Crippen LogP contribution in [0.3, 0.4) is 0 Å². The van der Waals surface area contributed by atoms with Crippen molar-refractivity contribution in [1.82, 2.24) is 4.98 Å². The van der Waals surface area contributed by atoms with Crippen molar-refractivity contribution >= 4 is 33.1 Å². The van der Waals surface area contributed by atoms with Crippen molar-refractivity contribution in [2.75, 3.05) is 11.1 Å². The van der Waals surface area contributed by atoms with E-state index in [1.807, 2.05) is 13.0 Å². The maximum Gasteiger partial charge on any atom is 0.145 e. The maximum atomic E-state index is 5.84. The Kier molecular flexibility index (Phi) is 4.43. The number of hydrogen-bond donors (Lipinski definition) is 2. The van der Waals surface area contributed by atoms with Gasteiger partial charge in [0.25, 0.3) is 0 Å². The van der Waals surface area contributed by atoms with Gasteiger partial charge >= 0.3 is 0 Å². The highest BCUT2D eigenvalue weighted by molar-refractivity contribution is 9.10. The highest BCUT2D eigenvalue weighted by Crippen LogP contribution is 2.31. The van der Waals surface area contributed by atoms with Gasteiger partial charge in [-0.05, 0) is 46.5 Å². The van der Waals surface area contributed by atoms with Crippen LogP contribution < -0.4 is 11.1 Å². The van der Waals surface area contributed by atoms with Crippen molar-refractivity contribution < 1.29 is 0 Å². The predicted octanol–water partition coefficient (Wildman–Crippen LogP) is 4.43. The lowest BCUT2D eigenvalue weighted by atomic mass is 10.1. The van der Waals surface area contributed by atoms with Crippen LogP contribution in [0.2, 0.25) is 0 Å². The quantitative estimate of drug-likeness (QED) is 0.876. The van der Waals surface area contributed by atoms with Crippen molar-refractivity contribution in [1.29, 1.82) is 0 Å². The molecular weight excluding hydrogens is 302 g/mol. The molecule has 2 rings (SSSR count). The Hall–Kier alpha value is -1.55.